The molecule has 0 saturated carbocycles. The first-order valence-electron chi connectivity index (χ1n) is 2.38. The monoisotopic (exact) mass is 152 g/mol. The molecule has 1 saturated heterocycles. The van der Waals surface area contributed by atoms with Gasteiger partial charge in [0.2, 0.25) is 0 Å². The predicted octanol–water partition coefficient (Wildman–Crippen LogP) is 0.103. The van der Waals surface area contributed by atoms with Crippen molar-refractivity contribution in [2.24, 2.45) is 0 Å². The van der Waals surface area contributed by atoms with E-state index < -0.39 is 0 Å². The Morgan fingerprint density at radius 1 is 1.12 bits per heavy atom. The molecule has 1 rings (SSSR count). The Hall–Kier alpha value is 0.620. The predicted molar refractivity (Wildman–Crippen MR) is 36.9 cm³/mol. The van der Waals surface area contributed by atoms with Crippen LogP contribution in [-0.4, -0.2) is 32.6 Å². The van der Waals surface area contributed by atoms with Crippen LogP contribution in [-0.2, 0) is 0 Å². The molecule has 0 aromatic carbocycles. The third-order valence-corrected chi connectivity index (χ3v) is 3.32. The van der Waals surface area contributed by atoms with Crippen molar-refractivity contribution < 1.29 is 10.2 Å². The van der Waals surface area contributed by atoms with Crippen molar-refractivity contribution in [3.05, 3.63) is 0 Å². The van der Waals surface area contributed by atoms with E-state index in [1.807, 2.05) is 0 Å². The Morgan fingerprint density at radius 2 is 1.62 bits per heavy atom. The van der Waals surface area contributed by atoms with Gasteiger partial charge in [0.25, 0.3) is 0 Å². The largest absolute Gasteiger partial charge is 0.381 e. The lowest BCUT2D eigenvalue weighted by molar-refractivity contribution is 0.255. The van der Waals surface area contributed by atoms with Crippen molar-refractivity contribution in [2.75, 3.05) is 11.5 Å². The second-order valence-electron chi connectivity index (χ2n) is 1.58. The summed E-state index contributed by atoms with van der Waals surface area (Å²) in [4.78, 5) is 0. The lowest BCUT2D eigenvalue weighted by Crippen LogP contribution is -2.20. The average molecular weight is 152 g/mol. The molecule has 0 aliphatic carbocycles. The van der Waals surface area contributed by atoms with Gasteiger partial charge in [0.15, 0.2) is 0 Å². The Labute approximate surface area is 56.7 Å². The van der Waals surface area contributed by atoms with Gasteiger partial charge in [-0.15, -0.1) is 0 Å². The molecule has 4 heteroatoms. The van der Waals surface area contributed by atoms with Crippen molar-refractivity contribution in [1.29, 1.82) is 0 Å². The van der Waals surface area contributed by atoms with Gasteiger partial charge in [0, 0.05) is 11.5 Å². The first-order chi connectivity index (χ1) is 3.79. The Kier molecular flexibility index (Phi) is 2.49. The maximum absolute atomic E-state index is 8.86. The molecule has 0 radical (unpaired) electrons. The summed E-state index contributed by atoms with van der Waals surface area (Å²) in [6, 6.07) is 0. The molecule has 2 unspecified atom stereocenters. The molecule has 0 amide bonds. The van der Waals surface area contributed by atoms with Gasteiger partial charge in [-0.25, -0.2) is 0 Å². The van der Waals surface area contributed by atoms with E-state index in [9.17, 15) is 0 Å². The topological polar surface area (TPSA) is 40.5 Å². The molecular formula is C4H8O2S2. The third-order valence-electron chi connectivity index (χ3n) is 0.835. The number of rotatable bonds is 0. The first kappa shape index (κ1) is 6.74. The van der Waals surface area contributed by atoms with E-state index in [1.165, 1.54) is 11.8 Å². The average Bonchev–Trinajstić information content (AvgIpc) is 1.64. The second kappa shape index (κ2) is 2.96. The van der Waals surface area contributed by atoms with E-state index in [-0.39, 0.29) is 10.9 Å². The maximum Gasteiger partial charge on any atom is 0.111 e. The smallest absolute Gasteiger partial charge is 0.111 e. The van der Waals surface area contributed by atoms with Gasteiger partial charge in [-0.1, -0.05) is 11.8 Å². The molecule has 2 N–H and O–H groups in total. The van der Waals surface area contributed by atoms with Crippen molar-refractivity contribution in [3.63, 3.8) is 0 Å². The van der Waals surface area contributed by atoms with Gasteiger partial charge in [0.1, 0.15) is 10.9 Å². The fourth-order valence-electron chi connectivity index (χ4n) is 0.530. The molecular weight excluding hydrogens is 144 g/mol. The summed E-state index contributed by atoms with van der Waals surface area (Å²) in [7, 11) is 0. The van der Waals surface area contributed by atoms with Gasteiger partial charge >= 0.3 is 0 Å². The summed E-state index contributed by atoms with van der Waals surface area (Å²) in [5.41, 5.74) is -0.715. The van der Waals surface area contributed by atoms with E-state index in [4.69, 9.17) is 10.2 Å². The molecule has 0 aromatic rings. The lowest BCUT2D eigenvalue weighted by Gasteiger charge is -2.19. The molecule has 0 bridgehead atoms. The Bertz CT molecular complexity index is 70.4. The molecule has 0 aromatic heterocycles. The normalized spacial score (nSPS) is 39.8. The standard InChI is InChI=1S/C4H8O2S2/c5-3-1-7-2-4(6)8-3/h3-6H,1-2H2. The zero-order valence-electron chi connectivity index (χ0n) is 4.28. The summed E-state index contributed by atoms with van der Waals surface area (Å²) in [6.45, 7) is 0. The van der Waals surface area contributed by atoms with Crippen LogP contribution in [0.2, 0.25) is 0 Å². The Balaban J connectivity index is 2.23. The van der Waals surface area contributed by atoms with Crippen LogP contribution in [0.5, 0.6) is 0 Å². The summed E-state index contributed by atoms with van der Waals surface area (Å²) in [5.74, 6) is 1.50. The molecule has 8 heavy (non-hydrogen) atoms. The van der Waals surface area contributed by atoms with E-state index in [2.05, 4.69) is 0 Å². The highest BCUT2D eigenvalue weighted by Gasteiger charge is 2.17. The number of hydrogen-bond donors (Lipinski definition) is 2. The van der Waals surface area contributed by atoms with Crippen molar-refractivity contribution in [3.8, 4) is 0 Å². The zero-order chi connectivity index (χ0) is 5.98. The zero-order valence-corrected chi connectivity index (χ0v) is 5.91. The fourth-order valence-corrected chi connectivity index (χ4v) is 2.64. The summed E-state index contributed by atoms with van der Waals surface area (Å²) >= 11 is 2.82. The molecule has 1 aliphatic rings. The molecule has 1 fully saturated rings. The van der Waals surface area contributed by atoms with E-state index in [0.717, 1.165) is 11.5 Å². The minimum Gasteiger partial charge on any atom is -0.381 e. The number of aliphatic hydroxyl groups is 2. The number of aliphatic hydroxyl groups excluding tert-OH is 2. The SMILES string of the molecule is OC1CSCC(O)S1. The highest BCUT2D eigenvalue weighted by molar-refractivity contribution is 8.06. The fraction of sp³-hybridized carbons (Fsp3) is 1.00. The van der Waals surface area contributed by atoms with Gasteiger partial charge in [0.05, 0.1) is 0 Å². The molecule has 2 nitrogen and oxygen atoms in total. The number of hydrogen-bond acceptors (Lipinski definition) is 4. The van der Waals surface area contributed by atoms with Crippen LogP contribution >= 0.6 is 23.5 Å². The van der Waals surface area contributed by atoms with Crippen LogP contribution in [0, 0.1) is 0 Å². The van der Waals surface area contributed by atoms with E-state index in [1.54, 1.807) is 11.8 Å². The van der Waals surface area contributed by atoms with Crippen molar-refractivity contribution in [2.45, 2.75) is 10.9 Å². The molecule has 1 aliphatic heterocycles. The summed E-state index contributed by atoms with van der Waals surface area (Å²) in [6.07, 6.45) is 0. The molecule has 0 spiro atoms. The van der Waals surface area contributed by atoms with Crippen LogP contribution < -0.4 is 0 Å². The van der Waals surface area contributed by atoms with Crippen LogP contribution in [0.3, 0.4) is 0 Å². The second-order valence-corrected chi connectivity index (χ2v) is 4.02. The van der Waals surface area contributed by atoms with Crippen LogP contribution in [0.4, 0.5) is 0 Å². The highest BCUT2D eigenvalue weighted by atomic mass is 32.2. The van der Waals surface area contributed by atoms with Gasteiger partial charge in [-0.05, 0) is 0 Å². The maximum atomic E-state index is 8.86. The van der Waals surface area contributed by atoms with E-state index in [0.29, 0.717) is 0 Å². The molecule has 1 heterocycles. The minimum atomic E-state index is -0.358. The van der Waals surface area contributed by atoms with Crippen molar-refractivity contribution >= 4 is 23.5 Å². The lowest BCUT2D eigenvalue weighted by atomic mass is 10.8. The first-order valence-corrected chi connectivity index (χ1v) is 4.48. The van der Waals surface area contributed by atoms with Gasteiger partial charge in [-0.2, -0.15) is 11.8 Å². The third kappa shape index (κ3) is 1.85. The van der Waals surface area contributed by atoms with Crippen LogP contribution in [0.1, 0.15) is 0 Å². The quantitative estimate of drug-likeness (QED) is 0.516. The van der Waals surface area contributed by atoms with Gasteiger partial charge < -0.3 is 10.2 Å². The summed E-state index contributed by atoms with van der Waals surface area (Å²) < 4.78 is 0. The van der Waals surface area contributed by atoms with Crippen LogP contribution in [0.25, 0.3) is 0 Å². The van der Waals surface area contributed by atoms with Crippen molar-refractivity contribution in [1.82, 2.24) is 0 Å². The molecule has 2 atom stereocenters. The molecule has 48 valence electrons. The summed E-state index contributed by atoms with van der Waals surface area (Å²) in [5, 5.41) is 17.7. The highest BCUT2D eigenvalue weighted by Crippen LogP contribution is 2.26. The minimum absolute atomic E-state index is 0.358. The van der Waals surface area contributed by atoms with Gasteiger partial charge in [-0.3, -0.25) is 0 Å². The number of thioether (sulfide) groups is 2. The van der Waals surface area contributed by atoms with E-state index >= 15 is 0 Å². The van der Waals surface area contributed by atoms with Crippen LogP contribution in [0.15, 0.2) is 0 Å². The Morgan fingerprint density at radius 3 is 1.88 bits per heavy atom.